The first-order valence-electron chi connectivity index (χ1n) is 5.50. The summed E-state index contributed by atoms with van der Waals surface area (Å²) >= 11 is 7.09. The van der Waals surface area contributed by atoms with Crippen molar-refractivity contribution in [1.82, 2.24) is 10.6 Å². The number of nitrogens with one attached hydrogen (secondary N) is 2. The summed E-state index contributed by atoms with van der Waals surface area (Å²) < 4.78 is 0.658. The van der Waals surface area contributed by atoms with Crippen LogP contribution in [0, 0.1) is 5.92 Å². The van der Waals surface area contributed by atoms with Crippen molar-refractivity contribution in [1.29, 1.82) is 0 Å². The largest absolute Gasteiger partial charge is 0.351 e. The number of hydrogen-bond donors (Lipinski definition) is 2. The van der Waals surface area contributed by atoms with E-state index in [1.165, 1.54) is 17.8 Å². The van der Waals surface area contributed by atoms with Crippen LogP contribution in [0.15, 0.2) is 12.1 Å². The molecule has 6 heteroatoms. The van der Waals surface area contributed by atoms with Gasteiger partial charge < -0.3 is 10.6 Å². The lowest BCUT2D eigenvalue weighted by Gasteiger charge is -2.08. The second kappa shape index (κ2) is 7.21. The molecule has 0 aliphatic carbocycles. The van der Waals surface area contributed by atoms with Crippen molar-refractivity contribution < 1.29 is 4.79 Å². The number of hydrogen-bond acceptors (Lipinski definition) is 3. The van der Waals surface area contributed by atoms with E-state index in [0.29, 0.717) is 15.1 Å². The summed E-state index contributed by atoms with van der Waals surface area (Å²) in [7, 11) is 0. The van der Waals surface area contributed by atoms with E-state index in [0.717, 1.165) is 26.1 Å². The van der Waals surface area contributed by atoms with Crippen LogP contribution in [0.2, 0.25) is 4.34 Å². The van der Waals surface area contributed by atoms with Crippen molar-refractivity contribution in [2.45, 2.75) is 12.8 Å². The van der Waals surface area contributed by atoms with Crippen molar-refractivity contribution in [3.05, 3.63) is 21.3 Å². The molecule has 17 heavy (non-hydrogen) atoms. The molecule has 1 saturated heterocycles. The normalized spacial score (nSPS) is 18.8. The SMILES string of the molecule is Cl.O=C(NCCC1CCNC1)c1ccc(Cl)s1. The minimum Gasteiger partial charge on any atom is -0.351 e. The molecule has 1 aliphatic rings. The topological polar surface area (TPSA) is 41.1 Å². The van der Waals surface area contributed by atoms with Gasteiger partial charge >= 0.3 is 0 Å². The lowest BCUT2D eigenvalue weighted by Crippen LogP contribution is -2.25. The fourth-order valence-electron chi connectivity index (χ4n) is 1.87. The Bertz CT molecular complexity index is 364. The van der Waals surface area contributed by atoms with Crippen LogP contribution in [-0.4, -0.2) is 25.5 Å². The number of halogens is 2. The summed E-state index contributed by atoms with van der Waals surface area (Å²) in [5.74, 6) is 0.704. The van der Waals surface area contributed by atoms with Gasteiger partial charge in [0.1, 0.15) is 0 Å². The zero-order valence-corrected chi connectivity index (χ0v) is 11.8. The molecule has 1 fully saturated rings. The summed E-state index contributed by atoms with van der Waals surface area (Å²) in [4.78, 5) is 12.3. The molecule has 0 saturated carbocycles. The Hall–Kier alpha value is -0.290. The zero-order chi connectivity index (χ0) is 11.4. The molecule has 1 atom stereocenters. The average molecular weight is 295 g/mol. The van der Waals surface area contributed by atoms with Gasteiger partial charge in [0.05, 0.1) is 9.21 Å². The van der Waals surface area contributed by atoms with Crippen molar-refractivity contribution in [3.63, 3.8) is 0 Å². The second-order valence-electron chi connectivity index (χ2n) is 4.01. The lowest BCUT2D eigenvalue weighted by atomic mass is 10.1. The third kappa shape index (κ3) is 4.47. The van der Waals surface area contributed by atoms with Gasteiger partial charge in [0.2, 0.25) is 0 Å². The molecule has 1 unspecified atom stereocenters. The fraction of sp³-hybridized carbons (Fsp3) is 0.545. The Labute approximate surface area is 116 Å². The van der Waals surface area contributed by atoms with Gasteiger partial charge in [-0.3, -0.25) is 4.79 Å². The Balaban J connectivity index is 0.00000144. The molecule has 2 N–H and O–H groups in total. The second-order valence-corrected chi connectivity index (χ2v) is 5.72. The predicted molar refractivity (Wildman–Crippen MR) is 74.5 cm³/mol. The van der Waals surface area contributed by atoms with E-state index in [1.807, 2.05) is 0 Å². The molecule has 1 aliphatic heterocycles. The van der Waals surface area contributed by atoms with Crippen LogP contribution in [-0.2, 0) is 0 Å². The maximum atomic E-state index is 11.7. The van der Waals surface area contributed by atoms with Crippen molar-refractivity contribution in [3.8, 4) is 0 Å². The Morgan fingerprint density at radius 1 is 1.59 bits per heavy atom. The summed E-state index contributed by atoms with van der Waals surface area (Å²) in [6.45, 7) is 2.94. The molecular formula is C11H16Cl2N2OS. The van der Waals surface area contributed by atoms with Crippen LogP contribution in [0.3, 0.4) is 0 Å². The Kier molecular flexibility index (Phi) is 6.27. The molecule has 0 radical (unpaired) electrons. The molecular weight excluding hydrogens is 279 g/mol. The van der Waals surface area contributed by atoms with Crippen molar-refractivity contribution >= 4 is 41.3 Å². The monoisotopic (exact) mass is 294 g/mol. The minimum atomic E-state index is -0.0112. The fourth-order valence-corrected chi connectivity index (χ4v) is 2.83. The summed E-state index contributed by atoms with van der Waals surface area (Å²) in [6.07, 6.45) is 2.28. The van der Waals surface area contributed by atoms with Crippen molar-refractivity contribution in [2.75, 3.05) is 19.6 Å². The van der Waals surface area contributed by atoms with E-state index in [4.69, 9.17) is 11.6 Å². The van der Waals surface area contributed by atoms with Gasteiger partial charge in [0, 0.05) is 6.54 Å². The number of rotatable bonds is 4. The lowest BCUT2D eigenvalue weighted by molar-refractivity contribution is 0.0955. The predicted octanol–water partition coefficient (Wildman–Crippen LogP) is 2.55. The van der Waals surface area contributed by atoms with Crippen LogP contribution in [0.25, 0.3) is 0 Å². The van der Waals surface area contributed by atoms with Gasteiger partial charge in [-0.25, -0.2) is 0 Å². The minimum absolute atomic E-state index is 0. The highest BCUT2D eigenvalue weighted by molar-refractivity contribution is 7.17. The number of thiophene rings is 1. The molecule has 1 aromatic rings. The molecule has 3 nitrogen and oxygen atoms in total. The third-order valence-electron chi connectivity index (χ3n) is 2.80. The highest BCUT2D eigenvalue weighted by Gasteiger charge is 2.14. The average Bonchev–Trinajstić information content (AvgIpc) is 2.89. The first kappa shape index (κ1) is 14.8. The van der Waals surface area contributed by atoms with E-state index in [9.17, 15) is 4.79 Å². The van der Waals surface area contributed by atoms with Crippen LogP contribution in [0.5, 0.6) is 0 Å². The zero-order valence-electron chi connectivity index (χ0n) is 9.37. The van der Waals surface area contributed by atoms with Gasteiger partial charge in [-0.15, -0.1) is 23.7 Å². The summed E-state index contributed by atoms with van der Waals surface area (Å²) in [5, 5.41) is 6.24. The van der Waals surface area contributed by atoms with Crippen LogP contribution >= 0.6 is 35.3 Å². The van der Waals surface area contributed by atoms with Crippen molar-refractivity contribution in [2.24, 2.45) is 5.92 Å². The molecule has 2 heterocycles. The molecule has 2 rings (SSSR count). The number of carbonyl (C=O) groups is 1. The molecule has 1 amide bonds. The Morgan fingerprint density at radius 2 is 2.41 bits per heavy atom. The first-order chi connectivity index (χ1) is 7.75. The van der Waals surface area contributed by atoms with Crippen LogP contribution in [0.1, 0.15) is 22.5 Å². The first-order valence-corrected chi connectivity index (χ1v) is 6.69. The van der Waals surface area contributed by atoms with Gasteiger partial charge in [0.15, 0.2) is 0 Å². The van der Waals surface area contributed by atoms with Gasteiger partial charge in [0.25, 0.3) is 5.91 Å². The number of amides is 1. The van der Waals surface area contributed by atoms with Crippen LogP contribution < -0.4 is 10.6 Å². The molecule has 1 aromatic heterocycles. The van der Waals surface area contributed by atoms with E-state index in [2.05, 4.69) is 10.6 Å². The quantitative estimate of drug-likeness (QED) is 0.896. The highest BCUT2D eigenvalue weighted by atomic mass is 35.5. The maximum Gasteiger partial charge on any atom is 0.261 e. The maximum absolute atomic E-state index is 11.7. The van der Waals surface area contributed by atoms with Crippen LogP contribution in [0.4, 0.5) is 0 Å². The Morgan fingerprint density at radius 3 is 3.00 bits per heavy atom. The standard InChI is InChI=1S/C11H15ClN2OS.ClH/c12-10-2-1-9(16-10)11(15)14-6-4-8-3-5-13-7-8;/h1-2,8,13H,3-7H2,(H,14,15);1H. The summed E-state index contributed by atoms with van der Waals surface area (Å²) in [6, 6.07) is 3.52. The molecule has 0 spiro atoms. The van der Waals surface area contributed by atoms with Gasteiger partial charge in [-0.05, 0) is 44.0 Å². The van der Waals surface area contributed by atoms with E-state index in [-0.39, 0.29) is 18.3 Å². The summed E-state index contributed by atoms with van der Waals surface area (Å²) in [5.41, 5.74) is 0. The highest BCUT2D eigenvalue weighted by Crippen LogP contribution is 2.21. The smallest absolute Gasteiger partial charge is 0.261 e. The van der Waals surface area contributed by atoms with E-state index in [1.54, 1.807) is 12.1 Å². The van der Waals surface area contributed by atoms with E-state index < -0.39 is 0 Å². The third-order valence-corrected chi connectivity index (χ3v) is 4.03. The molecule has 96 valence electrons. The van der Waals surface area contributed by atoms with E-state index >= 15 is 0 Å². The molecule has 0 bridgehead atoms. The van der Waals surface area contributed by atoms with Gasteiger partial charge in [-0.1, -0.05) is 11.6 Å². The molecule has 0 aromatic carbocycles. The number of carbonyl (C=O) groups excluding carboxylic acids is 1. The van der Waals surface area contributed by atoms with Gasteiger partial charge in [-0.2, -0.15) is 0 Å².